The van der Waals surface area contributed by atoms with Gasteiger partial charge < -0.3 is 15.2 Å². The molecule has 1 unspecified atom stereocenters. The summed E-state index contributed by atoms with van der Waals surface area (Å²) >= 11 is 0. The predicted octanol–water partition coefficient (Wildman–Crippen LogP) is 3.45. The number of nitro groups is 1. The van der Waals surface area contributed by atoms with Crippen LogP contribution in [-0.2, 0) is 0 Å². The summed E-state index contributed by atoms with van der Waals surface area (Å²) in [6, 6.07) is 12.3. The zero-order valence-electron chi connectivity index (χ0n) is 13.2. The van der Waals surface area contributed by atoms with Crippen LogP contribution in [-0.4, -0.2) is 23.2 Å². The molecule has 0 aliphatic rings. The van der Waals surface area contributed by atoms with Gasteiger partial charge in [-0.3, -0.25) is 10.1 Å². The first-order valence-corrected chi connectivity index (χ1v) is 7.42. The smallest absolute Gasteiger partial charge is 0.333 e. The number of aliphatic hydroxyl groups excluding tert-OH is 1. The molecule has 2 rings (SSSR count). The van der Waals surface area contributed by atoms with E-state index >= 15 is 0 Å². The van der Waals surface area contributed by atoms with E-state index in [2.05, 4.69) is 5.32 Å². The van der Waals surface area contributed by atoms with Gasteiger partial charge in [-0.2, -0.15) is 0 Å². The van der Waals surface area contributed by atoms with Gasteiger partial charge in [-0.05, 0) is 37.1 Å². The Morgan fingerprint density at radius 2 is 2.00 bits per heavy atom. The van der Waals surface area contributed by atoms with Crippen LogP contribution in [0.4, 0.5) is 11.4 Å². The molecule has 0 saturated heterocycles. The van der Waals surface area contributed by atoms with E-state index in [1.54, 1.807) is 25.1 Å². The van der Waals surface area contributed by atoms with Gasteiger partial charge in [-0.1, -0.05) is 30.3 Å². The van der Waals surface area contributed by atoms with Crippen LogP contribution < -0.4 is 10.1 Å². The summed E-state index contributed by atoms with van der Waals surface area (Å²) in [6.07, 6.45) is -0.758. The molecule has 0 heterocycles. The highest BCUT2D eigenvalue weighted by molar-refractivity contribution is 5.68. The summed E-state index contributed by atoms with van der Waals surface area (Å²) in [5.41, 5.74) is 1.97. The van der Waals surface area contributed by atoms with Gasteiger partial charge >= 0.3 is 5.69 Å². The minimum atomic E-state index is -0.758. The first kappa shape index (κ1) is 16.8. The second-order valence-corrected chi connectivity index (χ2v) is 5.10. The fourth-order valence-electron chi connectivity index (χ4n) is 2.40. The van der Waals surface area contributed by atoms with Crippen LogP contribution in [0.25, 0.3) is 0 Å². The lowest BCUT2D eigenvalue weighted by molar-refractivity contribution is -0.384. The first-order chi connectivity index (χ1) is 11.0. The normalized spacial score (nSPS) is 11.8. The SMILES string of the molecule is CCOc1cccc(NCC(O)c2ccccc2C)c1[N+](=O)[O-]. The van der Waals surface area contributed by atoms with Crippen molar-refractivity contribution < 1.29 is 14.8 Å². The fourth-order valence-corrected chi connectivity index (χ4v) is 2.40. The van der Waals surface area contributed by atoms with E-state index in [9.17, 15) is 15.2 Å². The van der Waals surface area contributed by atoms with Crippen molar-refractivity contribution in [2.24, 2.45) is 0 Å². The molecule has 2 N–H and O–H groups in total. The Balaban J connectivity index is 2.19. The molecule has 2 aromatic carbocycles. The molecular formula is C17H20N2O4. The topological polar surface area (TPSA) is 84.6 Å². The van der Waals surface area contributed by atoms with Gasteiger partial charge in [0.2, 0.25) is 0 Å². The summed E-state index contributed by atoms with van der Waals surface area (Å²) in [6.45, 7) is 4.19. The number of aliphatic hydroxyl groups is 1. The minimum Gasteiger partial charge on any atom is -0.487 e. The minimum absolute atomic E-state index is 0.119. The van der Waals surface area contributed by atoms with Crippen molar-refractivity contribution in [1.29, 1.82) is 0 Å². The predicted molar refractivity (Wildman–Crippen MR) is 88.9 cm³/mol. The Labute approximate surface area is 134 Å². The van der Waals surface area contributed by atoms with Crippen molar-refractivity contribution in [3.05, 3.63) is 63.7 Å². The van der Waals surface area contributed by atoms with E-state index in [0.29, 0.717) is 12.3 Å². The third kappa shape index (κ3) is 3.98. The molecule has 0 amide bonds. The number of hydrogen-bond donors (Lipinski definition) is 2. The largest absolute Gasteiger partial charge is 0.487 e. The number of anilines is 1. The lowest BCUT2D eigenvalue weighted by Gasteiger charge is -2.16. The molecule has 0 aliphatic heterocycles. The molecule has 0 radical (unpaired) electrons. The van der Waals surface area contributed by atoms with Gasteiger partial charge in [-0.15, -0.1) is 0 Å². The third-order valence-corrected chi connectivity index (χ3v) is 3.51. The average Bonchev–Trinajstić information content (AvgIpc) is 2.53. The maximum absolute atomic E-state index is 11.3. The molecule has 122 valence electrons. The Bertz CT molecular complexity index is 688. The number of hydrogen-bond acceptors (Lipinski definition) is 5. The van der Waals surface area contributed by atoms with Gasteiger partial charge in [0.15, 0.2) is 5.75 Å². The van der Waals surface area contributed by atoms with Gasteiger partial charge in [0.1, 0.15) is 5.69 Å². The monoisotopic (exact) mass is 316 g/mol. The zero-order chi connectivity index (χ0) is 16.8. The maximum atomic E-state index is 11.3. The van der Waals surface area contributed by atoms with Crippen LogP contribution in [0.15, 0.2) is 42.5 Å². The second kappa shape index (κ2) is 7.60. The Morgan fingerprint density at radius 1 is 1.26 bits per heavy atom. The van der Waals surface area contributed by atoms with Gasteiger partial charge in [0.25, 0.3) is 0 Å². The van der Waals surface area contributed by atoms with Gasteiger partial charge in [-0.25, -0.2) is 0 Å². The summed E-state index contributed by atoms with van der Waals surface area (Å²) in [4.78, 5) is 10.8. The van der Waals surface area contributed by atoms with Crippen LogP contribution in [0.3, 0.4) is 0 Å². The maximum Gasteiger partial charge on any atom is 0.333 e. The highest BCUT2D eigenvalue weighted by atomic mass is 16.6. The van der Waals surface area contributed by atoms with Gasteiger partial charge in [0.05, 0.1) is 17.6 Å². The van der Waals surface area contributed by atoms with Gasteiger partial charge in [0, 0.05) is 6.54 Å². The van der Waals surface area contributed by atoms with Crippen LogP contribution >= 0.6 is 0 Å². The van der Waals surface area contributed by atoms with E-state index in [-0.39, 0.29) is 18.0 Å². The number of ether oxygens (including phenoxy) is 1. The molecule has 0 fully saturated rings. The number of nitrogens with one attached hydrogen (secondary N) is 1. The molecule has 0 aliphatic carbocycles. The highest BCUT2D eigenvalue weighted by Crippen LogP contribution is 2.35. The number of nitrogens with zero attached hydrogens (tertiary/aromatic N) is 1. The Kier molecular flexibility index (Phi) is 5.54. The Morgan fingerprint density at radius 3 is 2.65 bits per heavy atom. The summed E-state index contributed by atoms with van der Waals surface area (Å²) in [5, 5.41) is 24.6. The summed E-state index contributed by atoms with van der Waals surface area (Å²) < 4.78 is 5.31. The van der Waals surface area contributed by atoms with E-state index in [0.717, 1.165) is 11.1 Å². The van der Waals surface area contributed by atoms with Crippen molar-refractivity contribution in [2.75, 3.05) is 18.5 Å². The molecule has 2 aromatic rings. The number of aryl methyl sites for hydroxylation is 1. The lowest BCUT2D eigenvalue weighted by Crippen LogP contribution is -2.14. The molecular weight excluding hydrogens is 296 g/mol. The lowest BCUT2D eigenvalue weighted by atomic mass is 10.0. The first-order valence-electron chi connectivity index (χ1n) is 7.42. The van der Waals surface area contributed by atoms with Crippen molar-refractivity contribution in [3.8, 4) is 5.75 Å². The second-order valence-electron chi connectivity index (χ2n) is 5.10. The van der Waals surface area contributed by atoms with Crippen LogP contribution in [0.1, 0.15) is 24.2 Å². The number of nitro benzene ring substituents is 1. The zero-order valence-corrected chi connectivity index (χ0v) is 13.2. The fraction of sp³-hybridized carbons (Fsp3) is 0.294. The van der Waals surface area contributed by atoms with Crippen molar-refractivity contribution in [1.82, 2.24) is 0 Å². The quantitative estimate of drug-likeness (QED) is 0.603. The number of benzene rings is 2. The molecule has 6 nitrogen and oxygen atoms in total. The van der Waals surface area contributed by atoms with E-state index in [4.69, 9.17) is 4.74 Å². The highest BCUT2D eigenvalue weighted by Gasteiger charge is 2.21. The van der Waals surface area contributed by atoms with E-state index in [1.807, 2.05) is 31.2 Å². The third-order valence-electron chi connectivity index (χ3n) is 3.51. The molecule has 0 saturated carbocycles. The van der Waals surface area contributed by atoms with E-state index < -0.39 is 11.0 Å². The summed E-state index contributed by atoms with van der Waals surface area (Å²) in [5.74, 6) is 0.216. The molecule has 0 spiro atoms. The number of para-hydroxylation sites is 1. The van der Waals surface area contributed by atoms with Crippen molar-refractivity contribution >= 4 is 11.4 Å². The summed E-state index contributed by atoms with van der Waals surface area (Å²) in [7, 11) is 0. The molecule has 1 atom stereocenters. The van der Waals surface area contributed by atoms with Crippen LogP contribution in [0.5, 0.6) is 5.75 Å². The van der Waals surface area contributed by atoms with Crippen LogP contribution in [0, 0.1) is 17.0 Å². The van der Waals surface area contributed by atoms with Crippen molar-refractivity contribution in [2.45, 2.75) is 20.0 Å². The standard InChI is InChI=1S/C17H20N2O4/c1-3-23-16-10-6-9-14(17(16)19(21)22)18-11-15(20)13-8-5-4-7-12(13)2/h4-10,15,18,20H,3,11H2,1-2H3. The molecule has 23 heavy (non-hydrogen) atoms. The molecule has 0 aromatic heterocycles. The van der Waals surface area contributed by atoms with Crippen molar-refractivity contribution in [3.63, 3.8) is 0 Å². The van der Waals surface area contributed by atoms with Crippen LogP contribution in [0.2, 0.25) is 0 Å². The molecule has 0 bridgehead atoms. The van der Waals surface area contributed by atoms with E-state index in [1.165, 1.54) is 0 Å². The average molecular weight is 316 g/mol. The molecule has 6 heteroatoms. The Hall–Kier alpha value is -2.60. The number of rotatable bonds is 7.